The molecule has 1 rings (SSSR count). The Balaban J connectivity index is 3.34. The van der Waals surface area contributed by atoms with Crippen molar-refractivity contribution >= 4 is 18.3 Å². The quantitative estimate of drug-likeness (QED) is 0.302. The summed E-state index contributed by atoms with van der Waals surface area (Å²) in [6, 6.07) is 3.19. The Bertz CT molecular complexity index is 233. The third kappa shape index (κ3) is 1.04. The van der Waals surface area contributed by atoms with Crippen molar-refractivity contribution in [3.63, 3.8) is 0 Å². The summed E-state index contributed by atoms with van der Waals surface area (Å²) in [7, 11) is 0. The molecule has 0 aliphatic rings. The molecule has 0 bridgehead atoms. The highest BCUT2D eigenvalue weighted by molar-refractivity contribution is 7.80. The van der Waals surface area contributed by atoms with Crippen LogP contribution in [-0.2, 0) is 0 Å². The second-order valence-corrected chi connectivity index (χ2v) is 2.59. The van der Waals surface area contributed by atoms with E-state index in [4.69, 9.17) is 10.8 Å². The van der Waals surface area contributed by atoms with Gasteiger partial charge in [-0.1, -0.05) is 0 Å². The number of phenolic OH excluding ortho intramolecular Hbond substituents is 1. The molecule has 0 amide bonds. The Kier molecular flexibility index (Phi) is 1.76. The van der Waals surface area contributed by atoms with Gasteiger partial charge in [-0.05, 0) is 24.6 Å². The van der Waals surface area contributed by atoms with Crippen molar-refractivity contribution < 1.29 is 5.11 Å². The molecule has 0 spiro atoms. The first-order valence-corrected chi connectivity index (χ1v) is 3.34. The first-order chi connectivity index (χ1) is 4.63. The Morgan fingerprint density at radius 3 is 2.60 bits per heavy atom. The number of nitrogens with two attached hydrogens (primary N) is 1. The molecule has 0 aromatic heterocycles. The SMILES string of the molecule is Cc1c(N)ccc(O)c1S. The van der Waals surface area contributed by atoms with Crippen LogP contribution < -0.4 is 5.73 Å². The second-order valence-electron chi connectivity index (χ2n) is 2.15. The monoisotopic (exact) mass is 155 g/mol. The van der Waals surface area contributed by atoms with Crippen LogP contribution in [0.2, 0.25) is 0 Å². The Hall–Kier alpha value is -0.830. The summed E-state index contributed by atoms with van der Waals surface area (Å²) in [6.07, 6.45) is 0. The number of hydrogen-bond acceptors (Lipinski definition) is 3. The van der Waals surface area contributed by atoms with Crippen molar-refractivity contribution in [3.05, 3.63) is 17.7 Å². The summed E-state index contributed by atoms with van der Waals surface area (Å²) in [4.78, 5) is 0.556. The van der Waals surface area contributed by atoms with Gasteiger partial charge in [-0.3, -0.25) is 0 Å². The lowest BCUT2D eigenvalue weighted by atomic mass is 10.2. The van der Waals surface area contributed by atoms with Crippen LogP contribution in [0.1, 0.15) is 5.56 Å². The van der Waals surface area contributed by atoms with E-state index in [1.54, 1.807) is 6.07 Å². The number of thiol groups is 1. The molecular weight excluding hydrogens is 146 g/mol. The zero-order valence-electron chi connectivity index (χ0n) is 5.63. The van der Waals surface area contributed by atoms with Gasteiger partial charge in [-0.15, -0.1) is 12.6 Å². The number of rotatable bonds is 0. The van der Waals surface area contributed by atoms with Crippen molar-refractivity contribution in [3.8, 4) is 5.75 Å². The van der Waals surface area contributed by atoms with E-state index < -0.39 is 0 Å². The van der Waals surface area contributed by atoms with Gasteiger partial charge in [0.25, 0.3) is 0 Å². The molecule has 1 aromatic rings. The van der Waals surface area contributed by atoms with E-state index in [9.17, 15) is 0 Å². The van der Waals surface area contributed by atoms with E-state index in [-0.39, 0.29) is 5.75 Å². The fourth-order valence-electron chi connectivity index (χ4n) is 0.701. The molecule has 0 saturated heterocycles. The molecule has 0 aliphatic heterocycles. The standard InChI is InChI=1S/C7H9NOS/c1-4-5(8)2-3-6(9)7(4)10/h2-3,9-10H,8H2,1H3. The van der Waals surface area contributed by atoms with Crippen LogP contribution in [-0.4, -0.2) is 5.11 Å². The molecular formula is C7H9NOS. The maximum absolute atomic E-state index is 9.09. The zero-order valence-corrected chi connectivity index (χ0v) is 6.52. The Morgan fingerprint density at radius 1 is 1.50 bits per heavy atom. The van der Waals surface area contributed by atoms with E-state index in [1.165, 1.54) is 6.07 Å². The molecule has 2 nitrogen and oxygen atoms in total. The van der Waals surface area contributed by atoms with Gasteiger partial charge >= 0.3 is 0 Å². The minimum absolute atomic E-state index is 0.176. The predicted molar refractivity (Wildman–Crippen MR) is 44.5 cm³/mol. The van der Waals surface area contributed by atoms with Crippen LogP contribution in [0.25, 0.3) is 0 Å². The maximum Gasteiger partial charge on any atom is 0.129 e. The van der Waals surface area contributed by atoms with Crippen LogP contribution in [0.3, 0.4) is 0 Å². The van der Waals surface area contributed by atoms with E-state index in [2.05, 4.69) is 12.6 Å². The van der Waals surface area contributed by atoms with E-state index in [1.807, 2.05) is 6.92 Å². The van der Waals surface area contributed by atoms with Crippen LogP contribution in [0.4, 0.5) is 5.69 Å². The normalized spacial score (nSPS) is 9.80. The summed E-state index contributed by atoms with van der Waals surface area (Å²) in [5, 5.41) is 9.09. The third-order valence-electron chi connectivity index (χ3n) is 1.45. The summed E-state index contributed by atoms with van der Waals surface area (Å²) < 4.78 is 0. The molecule has 0 heterocycles. The molecule has 0 saturated carbocycles. The lowest BCUT2D eigenvalue weighted by Crippen LogP contribution is -1.89. The van der Waals surface area contributed by atoms with Crippen LogP contribution in [0.15, 0.2) is 17.0 Å². The smallest absolute Gasteiger partial charge is 0.129 e. The molecule has 0 aliphatic carbocycles. The average Bonchev–Trinajstić information content (AvgIpc) is 1.93. The van der Waals surface area contributed by atoms with Crippen molar-refractivity contribution in [1.82, 2.24) is 0 Å². The number of nitrogen functional groups attached to an aromatic ring is 1. The summed E-state index contributed by atoms with van der Waals surface area (Å²) in [5.74, 6) is 0.176. The van der Waals surface area contributed by atoms with Gasteiger partial charge in [-0.2, -0.15) is 0 Å². The first kappa shape index (κ1) is 7.28. The van der Waals surface area contributed by atoms with E-state index in [0.717, 1.165) is 5.56 Å². The number of phenols is 1. The minimum Gasteiger partial charge on any atom is -0.507 e. The van der Waals surface area contributed by atoms with Gasteiger partial charge in [0.05, 0.1) is 4.90 Å². The number of hydrogen-bond donors (Lipinski definition) is 3. The highest BCUT2D eigenvalue weighted by Gasteiger charge is 2.01. The fourth-order valence-corrected chi connectivity index (χ4v) is 0.905. The molecule has 0 unspecified atom stereocenters. The Morgan fingerprint density at radius 2 is 2.10 bits per heavy atom. The fraction of sp³-hybridized carbons (Fsp3) is 0.143. The zero-order chi connectivity index (χ0) is 7.72. The van der Waals surface area contributed by atoms with Gasteiger partial charge in [0.1, 0.15) is 5.75 Å². The lowest BCUT2D eigenvalue weighted by molar-refractivity contribution is 0.462. The van der Waals surface area contributed by atoms with Crippen LogP contribution in [0.5, 0.6) is 5.75 Å². The molecule has 0 fully saturated rings. The lowest BCUT2D eigenvalue weighted by Gasteiger charge is -2.03. The summed E-state index contributed by atoms with van der Waals surface area (Å²) in [6.45, 7) is 1.82. The van der Waals surface area contributed by atoms with Crippen LogP contribution >= 0.6 is 12.6 Å². The van der Waals surface area contributed by atoms with Gasteiger partial charge < -0.3 is 10.8 Å². The predicted octanol–water partition coefficient (Wildman–Crippen LogP) is 1.57. The van der Waals surface area contributed by atoms with Crippen molar-refractivity contribution in [1.29, 1.82) is 0 Å². The van der Waals surface area contributed by atoms with Crippen molar-refractivity contribution in [2.24, 2.45) is 0 Å². The van der Waals surface area contributed by atoms with E-state index >= 15 is 0 Å². The van der Waals surface area contributed by atoms with Crippen LogP contribution in [0, 0.1) is 6.92 Å². The largest absolute Gasteiger partial charge is 0.507 e. The highest BCUT2D eigenvalue weighted by atomic mass is 32.1. The molecule has 10 heavy (non-hydrogen) atoms. The molecule has 1 aromatic carbocycles. The van der Waals surface area contributed by atoms with Gasteiger partial charge in [0, 0.05) is 5.69 Å². The van der Waals surface area contributed by atoms with Gasteiger partial charge in [-0.25, -0.2) is 0 Å². The third-order valence-corrected chi connectivity index (χ3v) is 2.02. The number of aromatic hydroxyl groups is 1. The first-order valence-electron chi connectivity index (χ1n) is 2.90. The topological polar surface area (TPSA) is 46.2 Å². The number of benzene rings is 1. The maximum atomic E-state index is 9.09. The molecule has 3 N–H and O–H groups in total. The molecule has 54 valence electrons. The number of anilines is 1. The van der Waals surface area contributed by atoms with Gasteiger partial charge in [0.2, 0.25) is 0 Å². The van der Waals surface area contributed by atoms with Crippen molar-refractivity contribution in [2.75, 3.05) is 5.73 Å². The van der Waals surface area contributed by atoms with Gasteiger partial charge in [0.15, 0.2) is 0 Å². The highest BCUT2D eigenvalue weighted by Crippen LogP contribution is 2.28. The average molecular weight is 155 g/mol. The molecule has 0 radical (unpaired) electrons. The summed E-state index contributed by atoms with van der Waals surface area (Å²) >= 11 is 4.05. The molecule has 0 atom stereocenters. The Labute approximate surface area is 65.1 Å². The molecule has 3 heteroatoms. The second kappa shape index (κ2) is 2.42. The van der Waals surface area contributed by atoms with Crippen molar-refractivity contribution in [2.45, 2.75) is 11.8 Å². The summed E-state index contributed by atoms with van der Waals surface area (Å²) in [5.41, 5.74) is 7.01. The minimum atomic E-state index is 0.176. The van der Waals surface area contributed by atoms with E-state index in [0.29, 0.717) is 10.6 Å².